The Kier molecular flexibility index (Phi) is 2.68. The monoisotopic (exact) mass is 360 g/mol. The van der Waals surface area contributed by atoms with Crippen LogP contribution in [-0.4, -0.2) is 48.6 Å². The van der Waals surface area contributed by atoms with E-state index >= 15 is 0 Å². The normalized spacial score (nSPS) is 59.7. The minimum Gasteiger partial charge on any atom is -0.461 e. The van der Waals surface area contributed by atoms with E-state index in [0.717, 1.165) is 12.8 Å². The molecule has 9 atom stereocenters. The zero-order chi connectivity index (χ0) is 18.1. The van der Waals surface area contributed by atoms with E-state index in [4.69, 9.17) is 14.2 Å². The van der Waals surface area contributed by atoms with Gasteiger partial charge >= 0.3 is 5.97 Å². The van der Waals surface area contributed by atoms with Crippen LogP contribution in [0.3, 0.4) is 0 Å². The fraction of sp³-hybridized carbons (Fsp3) is 0.800. The van der Waals surface area contributed by atoms with E-state index in [1.165, 1.54) is 0 Å². The second-order valence-electron chi connectivity index (χ2n) is 9.59. The van der Waals surface area contributed by atoms with Crippen LogP contribution in [0.25, 0.3) is 0 Å². The molecule has 0 aromatic carbocycles. The van der Waals surface area contributed by atoms with Gasteiger partial charge in [0.1, 0.15) is 11.5 Å². The topological polar surface area (TPSA) is 82.1 Å². The molecular formula is C20H24O6. The highest BCUT2D eigenvalue weighted by Crippen LogP contribution is 2.72. The molecule has 0 aromatic rings. The minimum atomic E-state index is -1.10. The van der Waals surface area contributed by atoms with Crippen molar-refractivity contribution in [2.45, 2.75) is 51.1 Å². The van der Waals surface area contributed by atoms with Gasteiger partial charge in [-0.2, -0.15) is 0 Å². The molecule has 6 aliphatic rings. The quantitative estimate of drug-likeness (QED) is 0.397. The number of aliphatic hydroxyl groups is 1. The van der Waals surface area contributed by atoms with Crippen molar-refractivity contribution in [2.75, 3.05) is 13.2 Å². The third-order valence-corrected chi connectivity index (χ3v) is 8.83. The summed E-state index contributed by atoms with van der Waals surface area (Å²) in [6.07, 6.45) is 1.21. The smallest absolute Gasteiger partial charge is 0.320 e. The SMILES string of the molecule is C=C1C(=O)[C@]23C[C@H]1CC[C@H]2[C@@]12CO[C@@H]4OC[C@@](C)([C@@H]41)[C@@H](O)C[C@@H]2OC3=O. The largest absolute Gasteiger partial charge is 0.461 e. The summed E-state index contributed by atoms with van der Waals surface area (Å²) in [5, 5.41) is 10.8. The van der Waals surface area contributed by atoms with E-state index in [1.807, 2.05) is 0 Å². The van der Waals surface area contributed by atoms with Gasteiger partial charge in [0.2, 0.25) is 0 Å². The van der Waals surface area contributed by atoms with Crippen molar-refractivity contribution in [3.63, 3.8) is 0 Å². The Hall–Kier alpha value is -1.24. The highest BCUT2D eigenvalue weighted by molar-refractivity contribution is 6.15. The van der Waals surface area contributed by atoms with Crippen LogP contribution < -0.4 is 0 Å². The van der Waals surface area contributed by atoms with Gasteiger partial charge in [0.05, 0.1) is 19.3 Å². The first-order valence-corrected chi connectivity index (χ1v) is 9.71. The van der Waals surface area contributed by atoms with Crippen LogP contribution in [0.1, 0.15) is 32.6 Å². The van der Waals surface area contributed by atoms with Crippen LogP contribution in [0.2, 0.25) is 0 Å². The van der Waals surface area contributed by atoms with Crippen LogP contribution in [0, 0.1) is 34.0 Å². The Balaban J connectivity index is 1.57. The van der Waals surface area contributed by atoms with Gasteiger partial charge in [-0.1, -0.05) is 13.5 Å². The zero-order valence-electron chi connectivity index (χ0n) is 14.9. The summed E-state index contributed by atoms with van der Waals surface area (Å²) in [5.41, 5.74) is -1.39. The third kappa shape index (κ3) is 1.37. The molecule has 2 spiro atoms. The average molecular weight is 360 g/mol. The lowest BCUT2D eigenvalue weighted by molar-refractivity contribution is -0.244. The number of allylic oxidation sites excluding steroid dienone is 1. The molecule has 2 bridgehead atoms. The van der Waals surface area contributed by atoms with Crippen molar-refractivity contribution < 1.29 is 28.9 Å². The number of hydrogen-bond acceptors (Lipinski definition) is 6. The van der Waals surface area contributed by atoms with Crippen LogP contribution in [0.4, 0.5) is 0 Å². The lowest BCUT2D eigenvalue weighted by atomic mass is 9.44. The molecule has 26 heavy (non-hydrogen) atoms. The van der Waals surface area contributed by atoms with Gasteiger partial charge in [0.25, 0.3) is 0 Å². The first-order valence-electron chi connectivity index (χ1n) is 9.71. The fourth-order valence-corrected chi connectivity index (χ4v) is 7.62. The molecule has 6 nitrogen and oxygen atoms in total. The molecule has 3 saturated carbocycles. The maximum atomic E-state index is 13.2. The third-order valence-electron chi connectivity index (χ3n) is 8.83. The highest BCUT2D eigenvalue weighted by Gasteiger charge is 2.80. The molecule has 0 unspecified atom stereocenters. The summed E-state index contributed by atoms with van der Waals surface area (Å²) in [6, 6.07) is 0. The number of carbonyl (C=O) groups excluding carboxylic acids is 2. The average Bonchev–Trinajstić information content (AvgIpc) is 3.23. The molecule has 0 radical (unpaired) electrons. The number of esters is 1. The molecule has 3 aliphatic heterocycles. The lowest BCUT2D eigenvalue weighted by Crippen LogP contribution is -2.70. The molecule has 3 saturated heterocycles. The minimum absolute atomic E-state index is 0.0584. The summed E-state index contributed by atoms with van der Waals surface area (Å²) >= 11 is 0. The molecule has 0 aromatic heterocycles. The molecule has 3 aliphatic carbocycles. The van der Waals surface area contributed by atoms with E-state index in [9.17, 15) is 14.7 Å². The Bertz CT molecular complexity index is 761. The molecule has 0 amide bonds. The van der Waals surface area contributed by atoms with E-state index in [1.54, 1.807) is 0 Å². The number of aliphatic hydroxyl groups excluding tert-OH is 1. The van der Waals surface area contributed by atoms with Crippen molar-refractivity contribution in [2.24, 2.45) is 34.0 Å². The molecule has 6 fully saturated rings. The molecule has 6 rings (SSSR count). The van der Waals surface area contributed by atoms with Crippen molar-refractivity contribution in [1.82, 2.24) is 0 Å². The lowest BCUT2D eigenvalue weighted by Gasteiger charge is -2.61. The number of carbonyl (C=O) groups is 2. The van der Waals surface area contributed by atoms with E-state index in [2.05, 4.69) is 13.5 Å². The predicted molar refractivity (Wildman–Crippen MR) is 87.6 cm³/mol. The standard InChI is InChI=1S/C20H24O6/c1-9-10-3-4-11-19(6-10,15(9)22)17(23)26-13-5-12(21)18(2)7-24-16-14(18)20(11,13)8-25-16/h10-14,16,21H,1,3-8H2,2H3/t10-,11-,12+,13+,14-,16+,18-,19+,20-/m1/s1. The molecular weight excluding hydrogens is 336 g/mol. The van der Waals surface area contributed by atoms with Crippen molar-refractivity contribution >= 4 is 11.8 Å². The van der Waals surface area contributed by atoms with Gasteiger partial charge in [-0.25, -0.2) is 0 Å². The van der Waals surface area contributed by atoms with E-state index < -0.39 is 34.4 Å². The first kappa shape index (κ1) is 15.8. The second-order valence-corrected chi connectivity index (χ2v) is 9.59. The van der Waals surface area contributed by atoms with Crippen molar-refractivity contribution in [1.29, 1.82) is 0 Å². The van der Waals surface area contributed by atoms with Crippen LogP contribution in [0.15, 0.2) is 12.2 Å². The highest BCUT2D eigenvalue weighted by atomic mass is 16.7. The fourth-order valence-electron chi connectivity index (χ4n) is 7.62. The van der Waals surface area contributed by atoms with Gasteiger partial charge in [-0.15, -0.1) is 0 Å². The van der Waals surface area contributed by atoms with Gasteiger partial charge in [-0.05, 0) is 36.7 Å². The Morgan fingerprint density at radius 2 is 1.96 bits per heavy atom. The number of rotatable bonds is 0. The van der Waals surface area contributed by atoms with Crippen LogP contribution >= 0.6 is 0 Å². The molecule has 140 valence electrons. The van der Waals surface area contributed by atoms with Crippen molar-refractivity contribution in [3.05, 3.63) is 12.2 Å². The summed E-state index contributed by atoms with van der Waals surface area (Å²) < 4.78 is 17.9. The van der Waals surface area contributed by atoms with Gasteiger partial charge < -0.3 is 19.3 Å². The predicted octanol–water partition coefficient (Wildman–Crippen LogP) is 1.21. The Morgan fingerprint density at radius 3 is 2.77 bits per heavy atom. The maximum Gasteiger partial charge on any atom is 0.320 e. The second kappa shape index (κ2) is 4.42. The Labute approximate surface area is 151 Å². The number of ether oxygens (including phenoxy) is 3. The summed E-state index contributed by atoms with van der Waals surface area (Å²) in [6.45, 7) is 6.92. The van der Waals surface area contributed by atoms with Crippen molar-refractivity contribution in [3.8, 4) is 0 Å². The van der Waals surface area contributed by atoms with Gasteiger partial charge in [-0.3, -0.25) is 9.59 Å². The van der Waals surface area contributed by atoms with Gasteiger partial charge in [0, 0.05) is 23.2 Å². The Morgan fingerprint density at radius 1 is 1.19 bits per heavy atom. The molecule has 3 heterocycles. The number of Topliss-reactive ketones (excluding diaryl/α,β-unsaturated/α-hetero) is 1. The summed E-state index contributed by atoms with van der Waals surface area (Å²) in [7, 11) is 0. The zero-order valence-corrected chi connectivity index (χ0v) is 14.9. The van der Waals surface area contributed by atoms with Crippen LogP contribution in [0.5, 0.6) is 0 Å². The van der Waals surface area contributed by atoms with E-state index in [0.29, 0.717) is 31.6 Å². The van der Waals surface area contributed by atoms with Crippen LogP contribution in [-0.2, 0) is 23.8 Å². The number of ketones is 1. The summed E-state index contributed by atoms with van der Waals surface area (Å²) in [5.74, 6) is -0.592. The van der Waals surface area contributed by atoms with E-state index in [-0.39, 0.29) is 29.8 Å². The van der Waals surface area contributed by atoms with Gasteiger partial charge in [0.15, 0.2) is 12.1 Å². The first-order chi connectivity index (χ1) is 12.4. The molecule has 1 N–H and O–H groups in total. The number of fused-ring (bicyclic) bond motifs is 1. The maximum absolute atomic E-state index is 13.2. The molecule has 6 heteroatoms. The number of hydrogen-bond donors (Lipinski definition) is 1. The summed E-state index contributed by atoms with van der Waals surface area (Å²) in [4.78, 5) is 26.3.